The fourth-order valence-electron chi connectivity index (χ4n) is 3.57. The van der Waals surface area contributed by atoms with E-state index in [-0.39, 0.29) is 0 Å². The van der Waals surface area contributed by atoms with Crippen LogP contribution < -0.4 is 0 Å². The second kappa shape index (κ2) is 8.14. The Morgan fingerprint density at radius 2 is 1.00 bits per heavy atom. The highest BCUT2D eigenvalue weighted by molar-refractivity contribution is 8.76. The normalized spacial score (nSPS) is 11.4. The van der Waals surface area contributed by atoms with Crippen LogP contribution in [0.2, 0.25) is 0 Å². The smallest absolute Gasteiger partial charge is 0.164 e. The van der Waals surface area contributed by atoms with Gasteiger partial charge in [0.1, 0.15) is 21.4 Å². The van der Waals surface area contributed by atoms with Crippen LogP contribution in [0.1, 0.15) is 0 Å². The Morgan fingerprint density at radius 3 is 1.44 bits per heavy atom. The predicted octanol–water partition coefficient (Wildman–Crippen LogP) is 5.91. The van der Waals surface area contributed by atoms with Crippen LogP contribution in [0.3, 0.4) is 0 Å². The summed E-state index contributed by atoms with van der Waals surface area (Å²) in [5.41, 5.74) is 3.77. The maximum absolute atomic E-state index is 4.92. The van der Waals surface area contributed by atoms with Crippen molar-refractivity contribution >= 4 is 32.6 Å². The fraction of sp³-hybridized carbons (Fsp3) is 0. The summed E-state index contributed by atoms with van der Waals surface area (Å²) in [5, 5.41) is 1.85. The van der Waals surface area contributed by atoms with Gasteiger partial charge in [-0.3, -0.25) is 18.8 Å². The van der Waals surface area contributed by atoms with E-state index in [9.17, 15) is 0 Å². The summed E-state index contributed by atoms with van der Waals surface area (Å²) in [6.07, 6.45) is 7.62. The molecule has 6 aromatic rings. The lowest BCUT2D eigenvalue weighted by Gasteiger charge is -1.99. The number of nitrogens with zero attached hydrogens (tertiary/aromatic N) is 6. The van der Waals surface area contributed by atoms with E-state index in [2.05, 4.69) is 30.9 Å². The lowest BCUT2D eigenvalue weighted by Crippen LogP contribution is -1.90. The first-order chi connectivity index (χ1) is 15.9. The zero-order valence-electron chi connectivity index (χ0n) is 16.7. The molecule has 6 rings (SSSR count). The van der Waals surface area contributed by atoms with Crippen molar-refractivity contribution in [3.05, 3.63) is 97.6 Å². The number of aromatic nitrogens is 6. The summed E-state index contributed by atoms with van der Waals surface area (Å²) in [6, 6.07) is 23.9. The molecule has 6 nitrogen and oxygen atoms in total. The average Bonchev–Trinajstić information content (AvgIpc) is 3.43. The standard InChI is InChI=1S/C24H16N6S2/c1-5-13-25-17(9-1)21-27-23(19-11-3-7-15-29(19)21)31-32-24-20-12-4-8-16-30(20)22(28-24)18-10-2-6-14-26-18/h1-16H. The van der Waals surface area contributed by atoms with Gasteiger partial charge in [0, 0.05) is 24.8 Å². The number of pyridine rings is 4. The molecular weight excluding hydrogens is 436 g/mol. The van der Waals surface area contributed by atoms with E-state index in [1.54, 1.807) is 34.0 Å². The minimum Gasteiger partial charge on any atom is -0.297 e. The van der Waals surface area contributed by atoms with E-state index in [0.29, 0.717) is 0 Å². The lowest BCUT2D eigenvalue weighted by molar-refractivity contribution is 1.12. The van der Waals surface area contributed by atoms with Crippen LogP contribution in [0.15, 0.2) is 108 Å². The van der Waals surface area contributed by atoms with Crippen LogP contribution in [-0.2, 0) is 0 Å². The van der Waals surface area contributed by atoms with Crippen molar-refractivity contribution in [1.29, 1.82) is 0 Å². The van der Waals surface area contributed by atoms with Crippen molar-refractivity contribution in [2.45, 2.75) is 10.1 Å². The van der Waals surface area contributed by atoms with Crippen LogP contribution in [0.25, 0.3) is 34.1 Å². The van der Waals surface area contributed by atoms with Gasteiger partial charge < -0.3 is 0 Å². The molecule has 0 amide bonds. The quantitative estimate of drug-likeness (QED) is 0.303. The first kappa shape index (κ1) is 19.1. The number of hydrogen-bond donors (Lipinski definition) is 0. The SMILES string of the molecule is c1ccc(-c2nc(SSc3nc(-c4ccccn4)n4ccccc34)c3ccccn23)nc1. The molecule has 0 N–H and O–H groups in total. The van der Waals surface area contributed by atoms with E-state index >= 15 is 0 Å². The third-order valence-electron chi connectivity index (χ3n) is 5.02. The van der Waals surface area contributed by atoms with E-state index in [1.165, 1.54) is 0 Å². The van der Waals surface area contributed by atoms with Crippen molar-refractivity contribution in [1.82, 2.24) is 28.7 Å². The molecule has 6 heterocycles. The first-order valence-corrected chi connectivity index (χ1v) is 12.1. The molecule has 0 aliphatic carbocycles. The molecule has 0 radical (unpaired) electrons. The first-order valence-electron chi connectivity index (χ1n) is 10.00. The van der Waals surface area contributed by atoms with Gasteiger partial charge >= 0.3 is 0 Å². The van der Waals surface area contributed by atoms with Crippen molar-refractivity contribution in [3.8, 4) is 23.0 Å². The van der Waals surface area contributed by atoms with Gasteiger partial charge in [-0.2, -0.15) is 0 Å². The molecule has 0 atom stereocenters. The molecule has 0 aromatic carbocycles. The largest absolute Gasteiger partial charge is 0.297 e. The highest BCUT2D eigenvalue weighted by atomic mass is 33.1. The van der Waals surface area contributed by atoms with Crippen LogP contribution >= 0.6 is 21.6 Å². The zero-order valence-corrected chi connectivity index (χ0v) is 18.4. The summed E-state index contributed by atoms with van der Waals surface area (Å²) in [5.74, 6) is 1.65. The molecule has 6 aromatic heterocycles. The molecule has 0 fully saturated rings. The maximum Gasteiger partial charge on any atom is 0.164 e. The molecule has 0 saturated heterocycles. The second-order valence-corrected chi connectivity index (χ2v) is 9.10. The molecule has 0 aliphatic heterocycles. The summed E-state index contributed by atoms with van der Waals surface area (Å²) in [7, 11) is 3.21. The number of hydrogen-bond acceptors (Lipinski definition) is 6. The van der Waals surface area contributed by atoms with E-state index in [4.69, 9.17) is 9.97 Å². The molecule has 0 bridgehead atoms. The van der Waals surface area contributed by atoms with Gasteiger partial charge in [0.15, 0.2) is 11.6 Å². The molecule has 0 spiro atoms. The molecule has 8 heteroatoms. The Kier molecular flexibility index (Phi) is 4.86. The Hall–Kier alpha value is -3.62. The maximum atomic E-state index is 4.92. The summed E-state index contributed by atoms with van der Waals surface area (Å²) < 4.78 is 4.16. The van der Waals surface area contributed by atoms with E-state index in [1.807, 2.05) is 73.1 Å². The third kappa shape index (κ3) is 3.34. The lowest BCUT2D eigenvalue weighted by atomic mass is 10.3. The Balaban J connectivity index is 1.39. The Labute approximate surface area is 191 Å². The second-order valence-electron chi connectivity index (χ2n) is 6.99. The van der Waals surface area contributed by atoms with Crippen molar-refractivity contribution in [3.63, 3.8) is 0 Å². The number of fused-ring (bicyclic) bond motifs is 2. The fourth-order valence-corrected chi connectivity index (χ4v) is 5.69. The molecule has 0 saturated carbocycles. The van der Waals surface area contributed by atoms with Gasteiger partial charge in [-0.25, -0.2) is 9.97 Å². The van der Waals surface area contributed by atoms with Crippen molar-refractivity contribution in [2.75, 3.05) is 0 Å². The topological polar surface area (TPSA) is 60.4 Å². The van der Waals surface area contributed by atoms with E-state index < -0.39 is 0 Å². The van der Waals surface area contributed by atoms with Gasteiger partial charge in [0.25, 0.3) is 0 Å². The molecular formula is C24H16N6S2. The number of imidazole rings is 2. The van der Waals surface area contributed by atoms with Gasteiger partial charge in [0.2, 0.25) is 0 Å². The van der Waals surface area contributed by atoms with E-state index in [0.717, 1.165) is 44.1 Å². The van der Waals surface area contributed by atoms with Gasteiger partial charge in [-0.1, -0.05) is 24.3 Å². The zero-order chi connectivity index (χ0) is 21.3. The Morgan fingerprint density at radius 1 is 0.531 bits per heavy atom. The van der Waals surface area contributed by atoms with Crippen LogP contribution in [0.5, 0.6) is 0 Å². The summed E-state index contributed by atoms with van der Waals surface area (Å²) in [6.45, 7) is 0. The van der Waals surface area contributed by atoms with Crippen LogP contribution in [0.4, 0.5) is 0 Å². The molecule has 0 aliphatic rings. The molecule has 0 unspecified atom stereocenters. The molecule has 154 valence electrons. The monoisotopic (exact) mass is 452 g/mol. The highest BCUT2D eigenvalue weighted by Crippen LogP contribution is 2.42. The minimum atomic E-state index is 0.827. The van der Waals surface area contributed by atoms with Gasteiger partial charge in [0.05, 0.1) is 11.0 Å². The average molecular weight is 453 g/mol. The molecule has 32 heavy (non-hydrogen) atoms. The summed E-state index contributed by atoms with van der Waals surface area (Å²) >= 11 is 0. The van der Waals surface area contributed by atoms with Crippen LogP contribution in [-0.4, -0.2) is 28.7 Å². The third-order valence-corrected chi connectivity index (χ3v) is 7.21. The predicted molar refractivity (Wildman–Crippen MR) is 129 cm³/mol. The number of rotatable bonds is 5. The van der Waals surface area contributed by atoms with Crippen molar-refractivity contribution < 1.29 is 0 Å². The minimum absolute atomic E-state index is 0.827. The van der Waals surface area contributed by atoms with Gasteiger partial charge in [-0.15, -0.1) is 0 Å². The van der Waals surface area contributed by atoms with Gasteiger partial charge in [-0.05, 0) is 70.1 Å². The van der Waals surface area contributed by atoms with Crippen molar-refractivity contribution in [2.24, 2.45) is 0 Å². The highest BCUT2D eigenvalue weighted by Gasteiger charge is 2.18. The Bertz CT molecular complexity index is 1410. The van der Waals surface area contributed by atoms with Crippen LogP contribution in [0, 0.1) is 0 Å². The summed E-state index contributed by atoms with van der Waals surface area (Å²) in [4.78, 5) is 18.8.